The number of benzene rings is 6. The maximum Gasteiger partial charge on any atom is 0.101 e. The summed E-state index contributed by atoms with van der Waals surface area (Å²) in [6.07, 6.45) is 0. The van der Waals surface area contributed by atoms with Crippen molar-refractivity contribution in [2.24, 2.45) is 0 Å². The van der Waals surface area contributed by atoms with E-state index in [1.165, 1.54) is 15.5 Å². The molecule has 0 unspecified atom stereocenters. The van der Waals surface area contributed by atoms with Crippen molar-refractivity contribution in [1.82, 2.24) is 9.13 Å². The van der Waals surface area contributed by atoms with E-state index in [1.54, 1.807) is 11.3 Å². The van der Waals surface area contributed by atoms with Crippen molar-refractivity contribution < 1.29 is 0 Å². The van der Waals surface area contributed by atoms with Gasteiger partial charge in [0.1, 0.15) is 6.07 Å². The Morgan fingerprint density at radius 1 is 0.444 bits per heavy atom. The Kier molecular flexibility index (Phi) is 5.20. The molecule has 45 heavy (non-hydrogen) atoms. The third-order valence-corrected chi connectivity index (χ3v) is 10.1. The van der Waals surface area contributed by atoms with Gasteiger partial charge in [-0.25, -0.2) is 0 Å². The van der Waals surface area contributed by atoms with Crippen LogP contribution in [0.15, 0.2) is 115 Å². The van der Waals surface area contributed by atoms with Crippen LogP contribution in [0.3, 0.4) is 0 Å². The predicted octanol–water partition coefficient (Wildman–Crippen LogP) is 9.86. The fraction of sp³-hybridized carbons (Fsp3) is 0. The number of nitrogens with zero attached hydrogens (tertiary/aromatic N) is 5. The largest absolute Gasteiger partial charge is 0.309 e. The van der Waals surface area contributed by atoms with Crippen LogP contribution in [-0.2, 0) is 0 Å². The van der Waals surface area contributed by atoms with E-state index in [1.807, 2.05) is 48.5 Å². The molecule has 3 aromatic heterocycles. The Labute approximate surface area is 260 Å². The van der Waals surface area contributed by atoms with Crippen LogP contribution in [0.1, 0.15) is 16.7 Å². The number of hydrogen-bond acceptors (Lipinski definition) is 4. The van der Waals surface area contributed by atoms with Crippen molar-refractivity contribution in [2.45, 2.75) is 0 Å². The smallest absolute Gasteiger partial charge is 0.101 e. The Bertz CT molecular complexity index is 2790. The molecule has 0 bridgehead atoms. The second-order valence-corrected chi connectivity index (χ2v) is 12.1. The molecule has 5 nitrogen and oxygen atoms in total. The minimum atomic E-state index is 0.581. The van der Waals surface area contributed by atoms with Crippen molar-refractivity contribution in [3.63, 3.8) is 0 Å². The van der Waals surface area contributed by atoms with Gasteiger partial charge >= 0.3 is 0 Å². The molecule has 9 rings (SSSR count). The number of aromatic nitrogens is 2. The summed E-state index contributed by atoms with van der Waals surface area (Å²) in [6.45, 7) is 0. The number of fused-ring (bicyclic) bond motifs is 10. The van der Waals surface area contributed by atoms with Gasteiger partial charge in [-0.05, 0) is 72.8 Å². The van der Waals surface area contributed by atoms with Gasteiger partial charge in [0, 0.05) is 48.4 Å². The summed E-state index contributed by atoms with van der Waals surface area (Å²) >= 11 is 1.69. The normalized spacial score (nSPS) is 11.5. The molecule has 3 heterocycles. The number of rotatable bonds is 2. The van der Waals surface area contributed by atoms with Crippen molar-refractivity contribution >= 4 is 75.1 Å². The molecule has 6 heteroatoms. The van der Waals surface area contributed by atoms with Gasteiger partial charge in [-0.3, -0.25) is 0 Å². The summed E-state index contributed by atoms with van der Waals surface area (Å²) in [5.41, 5.74) is 8.02. The van der Waals surface area contributed by atoms with Crippen LogP contribution >= 0.6 is 11.3 Å². The SMILES string of the molecule is N#Cc1ccc2c(c1)c1cc(C#N)ccc1n2-c1cccc(-n2c3ccccc3c3c4sc5c(C#N)cccc5c4ccc32)c1. The Hall–Kier alpha value is -6.39. The van der Waals surface area contributed by atoms with Crippen LogP contribution in [0.5, 0.6) is 0 Å². The van der Waals surface area contributed by atoms with Crippen LogP contribution in [0, 0.1) is 34.0 Å². The molecule has 206 valence electrons. The van der Waals surface area contributed by atoms with E-state index < -0.39 is 0 Å². The van der Waals surface area contributed by atoms with E-state index in [9.17, 15) is 15.8 Å². The number of nitriles is 3. The summed E-state index contributed by atoms with van der Waals surface area (Å²) in [5.74, 6) is 0. The first kappa shape index (κ1) is 25.1. The Morgan fingerprint density at radius 2 is 1.02 bits per heavy atom. The topological polar surface area (TPSA) is 81.2 Å². The highest BCUT2D eigenvalue weighted by Gasteiger charge is 2.19. The van der Waals surface area contributed by atoms with E-state index >= 15 is 0 Å². The molecule has 0 saturated carbocycles. The van der Waals surface area contributed by atoms with E-state index in [4.69, 9.17) is 0 Å². The first-order valence-corrected chi connectivity index (χ1v) is 15.3. The minimum Gasteiger partial charge on any atom is -0.309 e. The van der Waals surface area contributed by atoms with Gasteiger partial charge in [0.2, 0.25) is 0 Å². The quantitative estimate of drug-likeness (QED) is 0.201. The van der Waals surface area contributed by atoms with Crippen molar-refractivity contribution in [3.05, 3.63) is 132 Å². The molecule has 0 saturated heterocycles. The lowest BCUT2D eigenvalue weighted by atomic mass is 10.1. The molecule has 0 amide bonds. The molecule has 0 atom stereocenters. The molecule has 0 aliphatic carbocycles. The molecule has 0 spiro atoms. The van der Waals surface area contributed by atoms with Crippen LogP contribution in [0.25, 0.3) is 75.2 Å². The zero-order valence-corrected chi connectivity index (χ0v) is 24.4. The van der Waals surface area contributed by atoms with Gasteiger partial charge in [-0.2, -0.15) is 15.8 Å². The lowest BCUT2D eigenvalue weighted by Crippen LogP contribution is -1.98. The maximum absolute atomic E-state index is 9.81. The molecule has 0 radical (unpaired) electrons. The van der Waals surface area contributed by atoms with Gasteiger partial charge in [-0.1, -0.05) is 42.5 Å². The lowest BCUT2D eigenvalue weighted by molar-refractivity contribution is 1.13. The van der Waals surface area contributed by atoms with Gasteiger partial charge in [-0.15, -0.1) is 11.3 Å². The average molecular weight is 590 g/mol. The van der Waals surface area contributed by atoms with Crippen molar-refractivity contribution in [3.8, 4) is 29.6 Å². The van der Waals surface area contributed by atoms with Crippen molar-refractivity contribution in [1.29, 1.82) is 15.8 Å². The Morgan fingerprint density at radius 3 is 1.71 bits per heavy atom. The fourth-order valence-corrected chi connectivity index (χ4v) is 8.21. The Balaban J connectivity index is 1.34. The number of para-hydroxylation sites is 1. The number of hydrogen-bond donors (Lipinski definition) is 0. The molecular weight excluding hydrogens is 571 g/mol. The van der Waals surface area contributed by atoms with E-state index in [2.05, 4.69) is 94.1 Å². The average Bonchev–Trinajstić information content (AvgIpc) is 3.75. The summed E-state index contributed by atoms with van der Waals surface area (Å²) in [5, 5.41) is 35.5. The van der Waals surface area contributed by atoms with Crippen molar-refractivity contribution in [2.75, 3.05) is 0 Å². The second-order valence-electron chi connectivity index (χ2n) is 11.1. The van der Waals surface area contributed by atoms with Gasteiger partial charge < -0.3 is 9.13 Å². The first-order valence-electron chi connectivity index (χ1n) is 14.5. The standard InChI is InChI=1S/C39H19N5S/c40-20-23-11-14-34-31(17-23)32-18-24(21-41)12-15-35(32)43(34)26-6-4-7-27(19-26)44-33-10-2-1-8-30(33)37-36(44)16-13-29-28-9-3-5-25(22-42)38(28)45-39(29)37/h1-19H. The summed E-state index contributed by atoms with van der Waals surface area (Å²) in [4.78, 5) is 0. The zero-order valence-electron chi connectivity index (χ0n) is 23.6. The molecular formula is C39H19N5S. The molecule has 0 aliphatic heterocycles. The monoisotopic (exact) mass is 589 g/mol. The van der Waals surface area contributed by atoms with Crippen LogP contribution < -0.4 is 0 Å². The highest BCUT2D eigenvalue weighted by atomic mass is 32.1. The first-order chi connectivity index (χ1) is 22.2. The summed E-state index contributed by atoms with van der Waals surface area (Å²) in [7, 11) is 0. The third-order valence-electron chi connectivity index (χ3n) is 8.79. The van der Waals surface area contributed by atoms with Gasteiger partial charge in [0.15, 0.2) is 0 Å². The van der Waals surface area contributed by atoms with E-state index in [0.717, 1.165) is 59.7 Å². The highest BCUT2D eigenvalue weighted by Crippen LogP contribution is 2.44. The van der Waals surface area contributed by atoms with Crippen LogP contribution in [0.2, 0.25) is 0 Å². The van der Waals surface area contributed by atoms with Crippen LogP contribution in [0.4, 0.5) is 0 Å². The van der Waals surface area contributed by atoms with E-state index in [0.29, 0.717) is 16.7 Å². The highest BCUT2D eigenvalue weighted by molar-refractivity contribution is 7.27. The number of thiophene rings is 1. The fourth-order valence-electron chi connectivity index (χ4n) is 6.89. The van der Waals surface area contributed by atoms with Gasteiger partial charge in [0.05, 0.1) is 55.6 Å². The molecule has 0 N–H and O–H groups in total. The van der Waals surface area contributed by atoms with E-state index in [-0.39, 0.29) is 0 Å². The summed E-state index contributed by atoms with van der Waals surface area (Å²) in [6, 6.07) is 45.7. The zero-order chi connectivity index (χ0) is 30.2. The molecule has 0 fully saturated rings. The van der Waals surface area contributed by atoms with Crippen LogP contribution in [-0.4, -0.2) is 9.13 Å². The predicted molar refractivity (Wildman–Crippen MR) is 182 cm³/mol. The minimum absolute atomic E-state index is 0.581. The molecule has 9 aromatic rings. The third kappa shape index (κ3) is 3.45. The van der Waals surface area contributed by atoms with Gasteiger partial charge in [0.25, 0.3) is 0 Å². The maximum atomic E-state index is 9.81. The second kappa shape index (κ2) is 9.30. The lowest BCUT2D eigenvalue weighted by Gasteiger charge is -2.13. The molecule has 6 aromatic carbocycles. The summed E-state index contributed by atoms with van der Waals surface area (Å²) < 4.78 is 6.73. The molecule has 0 aliphatic rings.